The van der Waals surface area contributed by atoms with Crippen molar-refractivity contribution in [2.24, 2.45) is 0 Å². The molecule has 0 aliphatic carbocycles. The summed E-state index contributed by atoms with van der Waals surface area (Å²) in [5.41, 5.74) is 1.77. The number of fused-ring (bicyclic) bond motifs is 1. The van der Waals surface area contributed by atoms with Crippen molar-refractivity contribution in [2.45, 2.75) is 25.5 Å². The topological polar surface area (TPSA) is 114 Å². The van der Waals surface area contributed by atoms with Crippen molar-refractivity contribution in [3.8, 4) is 0 Å². The summed E-state index contributed by atoms with van der Waals surface area (Å²) in [7, 11) is 1.31. The molecule has 1 atom stereocenters. The summed E-state index contributed by atoms with van der Waals surface area (Å²) in [5, 5.41) is 9.32. The molecular formula is C24H26N4O6. The molecule has 0 spiro atoms. The van der Waals surface area contributed by atoms with Crippen LogP contribution in [0.1, 0.15) is 28.8 Å². The van der Waals surface area contributed by atoms with Gasteiger partial charge in [0.05, 0.1) is 18.9 Å². The van der Waals surface area contributed by atoms with E-state index in [1.807, 2.05) is 30.3 Å². The molecule has 1 saturated heterocycles. The van der Waals surface area contributed by atoms with Gasteiger partial charge in [-0.3, -0.25) is 14.6 Å². The van der Waals surface area contributed by atoms with Gasteiger partial charge in [0.1, 0.15) is 18.3 Å². The molecule has 4 rings (SSSR count). The van der Waals surface area contributed by atoms with Crippen molar-refractivity contribution in [2.75, 3.05) is 31.7 Å². The molecule has 34 heavy (non-hydrogen) atoms. The molecule has 10 nitrogen and oxygen atoms in total. The SMILES string of the molecule is COC(=O)c1ccc2nc(N3CCN(C(=O)OCc4ccccc4)C(CCCO)C3=O)cn2c1. The second kappa shape index (κ2) is 10.3. The number of nitrogens with zero attached hydrogens (tertiary/aromatic N) is 4. The molecule has 2 amide bonds. The number of aliphatic hydroxyl groups excluding tert-OH is 1. The lowest BCUT2D eigenvalue weighted by Crippen LogP contribution is -2.59. The molecule has 3 heterocycles. The standard InChI is InChI=1S/C24H26N4O6/c1-33-23(31)18-9-10-20-25-21(15-26(20)14-18)28-12-11-27(19(22(28)30)8-5-13-29)24(32)34-16-17-6-3-2-4-7-17/h2-4,6-7,9-10,14-15,19,29H,5,8,11-13,16H2,1H3. The van der Waals surface area contributed by atoms with E-state index >= 15 is 0 Å². The van der Waals surface area contributed by atoms with E-state index in [-0.39, 0.29) is 32.2 Å². The molecule has 0 radical (unpaired) electrons. The molecule has 1 fully saturated rings. The molecule has 0 saturated carbocycles. The zero-order valence-corrected chi connectivity index (χ0v) is 18.8. The first kappa shape index (κ1) is 23.2. The van der Waals surface area contributed by atoms with Crippen LogP contribution in [0, 0.1) is 0 Å². The second-order valence-corrected chi connectivity index (χ2v) is 7.88. The summed E-state index contributed by atoms with van der Waals surface area (Å²) in [6.45, 7) is 0.510. The number of esters is 1. The van der Waals surface area contributed by atoms with Crippen LogP contribution in [0.15, 0.2) is 54.9 Å². The number of hydrogen-bond donors (Lipinski definition) is 1. The highest BCUT2D eigenvalue weighted by Gasteiger charge is 2.39. The minimum Gasteiger partial charge on any atom is -0.465 e. The van der Waals surface area contributed by atoms with Crippen molar-refractivity contribution in [3.05, 3.63) is 66.0 Å². The fourth-order valence-corrected chi connectivity index (χ4v) is 3.95. The summed E-state index contributed by atoms with van der Waals surface area (Å²) in [6.07, 6.45) is 3.33. The third-order valence-corrected chi connectivity index (χ3v) is 5.70. The molecule has 1 aliphatic heterocycles. The van der Waals surface area contributed by atoms with Gasteiger partial charge in [0, 0.05) is 25.9 Å². The predicted molar refractivity (Wildman–Crippen MR) is 122 cm³/mol. The lowest BCUT2D eigenvalue weighted by molar-refractivity contribution is -0.125. The normalized spacial score (nSPS) is 16.1. The average Bonchev–Trinajstić information content (AvgIpc) is 3.29. The Bertz CT molecular complexity index is 1180. The van der Waals surface area contributed by atoms with Crippen molar-refractivity contribution >= 4 is 29.4 Å². The van der Waals surface area contributed by atoms with Crippen LogP contribution in [0.3, 0.4) is 0 Å². The number of aliphatic hydroxyl groups is 1. The summed E-state index contributed by atoms with van der Waals surface area (Å²) >= 11 is 0. The van der Waals surface area contributed by atoms with E-state index in [1.54, 1.807) is 28.9 Å². The Kier molecular flexibility index (Phi) is 7.07. The molecule has 1 unspecified atom stereocenters. The highest BCUT2D eigenvalue weighted by atomic mass is 16.6. The first-order chi connectivity index (χ1) is 16.5. The second-order valence-electron chi connectivity index (χ2n) is 7.88. The summed E-state index contributed by atoms with van der Waals surface area (Å²) in [5.74, 6) is -0.355. The van der Waals surface area contributed by atoms with Gasteiger partial charge in [0.2, 0.25) is 0 Å². The third kappa shape index (κ3) is 4.86. The number of benzene rings is 1. The first-order valence-electron chi connectivity index (χ1n) is 11.0. The summed E-state index contributed by atoms with van der Waals surface area (Å²) in [4.78, 5) is 45.5. The number of carbonyl (C=O) groups excluding carboxylic acids is 3. The van der Waals surface area contributed by atoms with E-state index < -0.39 is 18.1 Å². The van der Waals surface area contributed by atoms with Gasteiger partial charge in [-0.1, -0.05) is 30.3 Å². The maximum absolute atomic E-state index is 13.4. The zero-order valence-electron chi connectivity index (χ0n) is 18.8. The largest absolute Gasteiger partial charge is 0.465 e. The number of hydrogen-bond acceptors (Lipinski definition) is 7. The monoisotopic (exact) mass is 466 g/mol. The zero-order chi connectivity index (χ0) is 24.1. The Labute approximate surface area is 196 Å². The number of aromatic nitrogens is 2. The van der Waals surface area contributed by atoms with Gasteiger partial charge in [-0.25, -0.2) is 14.6 Å². The van der Waals surface area contributed by atoms with Crippen molar-refractivity contribution in [1.29, 1.82) is 0 Å². The lowest BCUT2D eigenvalue weighted by Gasteiger charge is -2.39. The Hall–Kier alpha value is -3.92. The maximum Gasteiger partial charge on any atom is 0.410 e. The third-order valence-electron chi connectivity index (χ3n) is 5.70. The lowest BCUT2D eigenvalue weighted by atomic mass is 10.1. The highest BCUT2D eigenvalue weighted by molar-refractivity contribution is 5.99. The molecule has 1 N–H and O–H groups in total. The summed E-state index contributed by atoms with van der Waals surface area (Å²) in [6, 6.07) is 11.8. The number of ether oxygens (including phenoxy) is 2. The fraction of sp³-hybridized carbons (Fsp3) is 0.333. The van der Waals surface area contributed by atoms with Crippen LogP contribution in [0.25, 0.3) is 5.65 Å². The minimum absolute atomic E-state index is 0.0959. The number of imidazole rings is 1. The van der Waals surface area contributed by atoms with E-state index in [2.05, 4.69) is 4.98 Å². The number of methoxy groups -OCH3 is 1. The van der Waals surface area contributed by atoms with Crippen molar-refractivity contribution in [1.82, 2.24) is 14.3 Å². The number of amides is 2. The Balaban J connectivity index is 1.52. The maximum atomic E-state index is 13.4. The van der Waals surface area contributed by atoms with Crippen LogP contribution in [-0.2, 0) is 20.9 Å². The van der Waals surface area contributed by atoms with Gasteiger partial charge < -0.3 is 19.0 Å². The van der Waals surface area contributed by atoms with Crippen molar-refractivity contribution < 1.29 is 29.0 Å². The van der Waals surface area contributed by atoms with Crippen LogP contribution in [0.5, 0.6) is 0 Å². The predicted octanol–water partition coefficient (Wildman–Crippen LogP) is 2.25. The quantitative estimate of drug-likeness (QED) is 0.531. The Morgan fingerprint density at radius 3 is 2.65 bits per heavy atom. The van der Waals surface area contributed by atoms with Crippen LogP contribution in [-0.4, -0.2) is 70.2 Å². The molecule has 0 bridgehead atoms. The van der Waals surface area contributed by atoms with Gasteiger partial charge in [0.25, 0.3) is 5.91 Å². The molecule has 3 aromatic rings. The van der Waals surface area contributed by atoms with Crippen LogP contribution >= 0.6 is 0 Å². The van der Waals surface area contributed by atoms with Gasteiger partial charge in [-0.2, -0.15) is 0 Å². The van der Waals surface area contributed by atoms with Gasteiger partial charge in [-0.05, 0) is 30.5 Å². The number of piperazine rings is 1. The number of carbonyl (C=O) groups is 3. The number of anilines is 1. The molecule has 2 aromatic heterocycles. The van der Waals surface area contributed by atoms with Crippen LogP contribution in [0.2, 0.25) is 0 Å². The van der Waals surface area contributed by atoms with E-state index in [9.17, 15) is 19.5 Å². The Morgan fingerprint density at radius 1 is 1.12 bits per heavy atom. The van der Waals surface area contributed by atoms with E-state index in [4.69, 9.17) is 9.47 Å². The molecule has 10 heteroatoms. The van der Waals surface area contributed by atoms with Crippen LogP contribution < -0.4 is 4.90 Å². The van der Waals surface area contributed by atoms with Gasteiger partial charge in [-0.15, -0.1) is 0 Å². The molecule has 1 aromatic carbocycles. The van der Waals surface area contributed by atoms with Crippen LogP contribution in [0.4, 0.5) is 10.6 Å². The molecule has 1 aliphatic rings. The number of rotatable bonds is 7. The average molecular weight is 466 g/mol. The van der Waals surface area contributed by atoms with Gasteiger partial charge in [0.15, 0.2) is 5.82 Å². The first-order valence-corrected chi connectivity index (χ1v) is 11.0. The highest BCUT2D eigenvalue weighted by Crippen LogP contribution is 2.24. The fourth-order valence-electron chi connectivity index (χ4n) is 3.95. The van der Waals surface area contributed by atoms with Gasteiger partial charge >= 0.3 is 12.1 Å². The number of pyridine rings is 1. The Morgan fingerprint density at radius 2 is 1.91 bits per heavy atom. The minimum atomic E-state index is -0.778. The van der Waals surface area contributed by atoms with E-state index in [0.29, 0.717) is 29.9 Å². The molecule has 178 valence electrons. The summed E-state index contributed by atoms with van der Waals surface area (Å²) < 4.78 is 11.9. The van der Waals surface area contributed by atoms with E-state index in [0.717, 1.165) is 5.56 Å². The van der Waals surface area contributed by atoms with Crippen molar-refractivity contribution in [3.63, 3.8) is 0 Å². The van der Waals surface area contributed by atoms with E-state index in [1.165, 1.54) is 16.9 Å². The smallest absolute Gasteiger partial charge is 0.410 e. The molecular weight excluding hydrogens is 440 g/mol.